The van der Waals surface area contributed by atoms with Gasteiger partial charge in [0.2, 0.25) is 0 Å². The minimum Gasteiger partial charge on any atom is -0.313 e. The Kier molecular flexibility index (Phi) is 7.74. The molecule has 96 valence electrons. The normalized spacial score (nSPS) is 10.7. The summed E-state index contributed by atoms with van der Waals surface area (Å²) in [5, 5.41) is 3.55. The zero-order valence-electron chi connectivity index (χ0n) is 11.5. The molecule has 0 aliphatic rings. The summed E-state index contributed by atoms with van der Waals surface area (Å²) in [5.74, 6) is 0. The number of rotatable bonds is 9. The van der Waals surface area contributed by atoms with Crippen molar-refractivity contribution in [1.82, 2.24) is 5.32 Å². The first kappa shape index (κ1) is 14.2. The fraction of sp³-hybridized carbons (Fsp3) is 0.625. The summed E-state index contributed by atoms with van der Waals surface area (Å²) >= 11 is 0. The minimum absolute atomic E-state index is 1.03. The number of hydrogen-bond donors (Lipinski definition) is 1. The summed E-state index contributed by atoms with van der Waals surface area (Å²) in [6, 6.07) is 8.74. The van der Waals surface area contributed by atoms with Crippen LogP contribution in [0.1, 0.15) is 57.1 Å². The van der Waals surface area contributed by atoms with Crippen molar-refractivity contribution < 1.29 is 0 Å². The van der Waals surface area contributed by atoms with Crippen molar-refractivity contribution in [2.75, 3.05) is 6.54 Å². The maximum absolute atomic E-state index is 3.55. The van der Waals surface area contributed by atoms with Crippen LogP contribution in [0.3, 0.4) is 0 Å². The molecule has 0 fully saturated rings. The van der Waals surface area contributed by atoms with E-state index in [1.165, 1.54) is 43.2 Å². The lowest BCUT2D eigenvalue weighted by atomic mass is 10.1. The lowest BCUT2D eigenvalue weighted by molar-refractivity contribution is 0.582. The van der Waals surface area contributed by atoms with Gasteiger partial charge in [-0.25, -0.2) is 0 Å². The summed E-state index contributed by atoms with van der Waals surface area (Å²) in [5.41, 5.74) is 2.94. The maximum atomic E-state index is 3.55. The first-order valence-corrected chi connectivity index (χ1v) is 7.16. The zero-order valence-corrected chi connectivity index (χ0v) is 11.5. The van der Waals surface area contributed by atoms with Gasteiger partial charge in [0.05, 0.1) is 0 Å². The predicted molar refractivity (Wildman–Crippen MR) is 76.3 cm³/mol. The van der Waals surface area contributed by atoms with E-state index in [4.69, 9.17) is 0 Å². The van der Waals surface area contributed by atoms with Gasteiger partial charge in [-0.15, -0.1) is 0 Å². The average molecular weight is 233 g/mol. The van der Waals surface area contributed by atoms with E-state index in [-0.39, 0.29) is 0 Å². The van der Waals surface area contributed by atoms with Gasteiger partial charge in [-0.05, 0) is 30.5 Å². The van der Waals surface area contributed by atoms with E-state index < -0.39 is 0 Å². The second-order valence-electron chi connectivity index (χ2n) is 4.71. The molecule has 0 bridgehead atoms. The van der Waals surface area contributed by atoms with Crippen LogP contribution in [0, 0.1) is 0 Å². The molecule has 0 unspecified atom stereocenters. The molecular weight excluding hydrogens is 206 g/mol. The van der Waals surface area contributed by atoms with E-state index in [1.807, 2.05) is 0 Å². The Bertz CT molecular complexity index is 293. The van der Waals surface area contributed by atoms with E-state index >= 15 is 0 Å². The third-order valence-corrected chi connectivity index (χ3v) is 3.27. The van der Waals surface area contributed by atoms with E-state index in [0.29, 0.717) is 0 Å². The van der Waals surface area contributed by atoms with Crippen LogP contribution in [0.4, 0.5) is 0 Å². The van der Waals surface area contributed by atoms with Gasteiger partial charge in [0.1, 0.15) is 0 Å². The maximum Gasteiger partial charge on any atom is 0.0208 e. The van der Waals surface area contributed by atoms with Gasteiger partial charge < -0.3 is 5.32 Å². The van der Waals surface area contributed by atoms with Gasteiger partial charge in [-0.2, -0.15) is 0 Å². The second-order valence-corrected chi connectivity index (χ2v) is 4.71. The van der Waals surface area contributed by atoms with Crippen molar-refractivity contribution in [3.8, 4) is 0 Å². The minimum atomic E-state index is 1.03. The number of unbranched alkanes of at least 4 members (excludes halogenated alkanes) is 4. The van der Waals surface area contributed by atoms with Crippen molar-refractivity contribution >= 4 is 0 Å². The predicted octanol–water partition coefficient (Wildman–Crippen LogP) is 4.31. The van der Waals surface area contributed by atoms with Crippen LogP contribution in [0.15, 0.2) is 24.3 Å². The van der Waals surface area contributed by atoms with Crippen LogP contribution in [0.25, 0.3) is 0 Å². The van der Waals surface area contributed by atoms with Crippen molar-refractivity contribution in [3.05, 3.63) is 35.4 Å². The summed E-state index contributed by atoms with van der Waals surface area (Å²) in [7, 11) is 0. The molecule has 1 N–H and O–H groups in total. The second kappa shape index (κ2) is 9.23. The molecule has 0 atom stereocenters. The first-order chi connectivity index (χ1) is 8.38. The quantitative estimate of drug-likeness (QED) is 0.627. The molecular formula is C16H27N. The van der Waals surface area contributed by atoms with E-state index in [2.05, 4.69) is 43.4 Å². The van der Waals surface area contributed by atoms with Gasteiger partial charge in [0.15, 0.2) is 0 Å². The Morgan fingerprint density at radius 1 is 0.882 bits per heavy atom. The van der Waals surface area contributed by atoms with Crippen molar-refractivity contribution in [2.24, 2.45) is 0 Å². The molecule has 0 amide bonds. The Balaban J connectivity index is 2.13. The highest BCUT2D eigenvalue weighted by molar-refractivity contribution is 5.26. The Morgan fingerprint density at radius 2 is 1.59 bits per heavy atom. The molecule has 1 aromatic carbocycles. The molecule has 1 heteroatoms. The standard InChI is InChI=1S/C16H27N/c1-3-5-6-7-10-13-17-14-16-12-9-8-11-15(16)4-2/h8-9,11-12,17H,3-7,10,13-14H2,1-2H3. The lowest BCUT2D eigenvalue weighted by Crippen LogP contribution is -2.15. The molecule has 0 heterocycles. The van der Waals surface area contributed by atoms with E-state index in [0.717, 1.165) is 19.5 Å². The molecule has 0 aromatic heterocycles. The molecule has 0 spiro atoms. The smallest absolute Gasteiger partial charge is 0.0208 e. The SMILES string of the molecule is CCCCCCCNCc1ccccc1CC. The molecule has 0 aliphatic heterocycles. The fourth-order valence-corrected chi connectivity index (χ4v) is 2.15. The zero-order chi connectivity index (χ0) is 12.3. The third-order valence-electron chi connectivity index (χ3n) is 3.27. The van der Waals surface area contributed by atoms with Gasteiger partial charge in [-0.3, -0.25) is 0 Å². The van der Waals surface area contributed by atoms with Crippen molar-refractivity contribution in [1.29, 1.82) is 0 Å². The Labute approximate surface area is 107 Å². The monoisotopic (exact) mass is 233 g/mol. The number of aryl methyl sites for hydroxylation is 1. The van der Waals surface area contributed by atoms with Crippen LogP contribution in [-0.2, 0) is 13.0 Å². The molecule has 0 aliphatic carbocycles. The van der Waals surface area contributed by atoms with Crippen LogP contribution in [-0.4, -0.2) is 6.54 Å². The number of hydrogen-bond acceptors (Lipinski definition) is 1. The number of nitrogens with one attached hydrogen (secondary N) is 1. The molecule has 0 saturated carbocycles. The van der Waals surface area contributed by atoms with Gasteiger partial charge >= 0.3 is 0 Å². The molecule has 1 aromatic rings. The molecule has 1 rings (SSSR count). The Hall–Kier alpha value is -0.820. The van der Waals surface area contributed by atoms with E-state index in [1.54, 1.807) is 0 Å². The summed E-state index contributed by atoms with van der Waals surface area (Å²) in [6.45, 7) is 6.67. The molecule has 0 radical (unpaired) electrons. The number of benzene rings is 1. The van der Waals surface area contributed by atoms with Gasteiger partial charge in [0.25, 0.3) is 0 Å². The summed E-state index contributed by atoms with van der Waals surface area (Å²) in [6.07, 6.45) is 7.93. The topological polar surface area (TPSA) is 12.0 Å². The van der Waals surface area contributed by atoms with Gasteiger partial charge in [0, 0.05) is 6.54 Å². The largest absolute Gasteiger partial charge is 0.313 e. The molecule has 1 nitrogen and oxygen atoms in total. The lowest BCUT2D eigenvalue weighted by Gasteiger charge is -2.09. The van der Waals surface area contributed by atoms with E-state index in [9.17, 15) is 0 Å². The van der Waals surface area contributed by atoms with Crippen molar-refractivity contribution in [2.45, 2.75) is 58.9 Å². The average Bonchev–Trinajstić information content (AvgIpc) is 2.38. The highest BCUT2D eigenvalue weighted by atomic mass is 14.8. The first-order valence-electron chi connectivity index (χ1n) is 7.16. The third kappa shape index (κ3) is 5.88. The van der Waals surface area contributed by atoms with Crippen LogP contribution in [0.5, 0.6) is 0 Å². The molecule has 17 heavy (non-hydrogen) atoms. The van der Waals surface area contributed by atoms with Crippen LogP contribution < -0.4 is 5.32 Å². The van der Waals surface area contributed by atoms with Gasteiger partial charge in [-0.1, -0.05) is 63.8 Å². The summed E-state index contributed by atoms with van der Waals surface area (Å²) in [4.78, 5) is 0. The van der Waals surface area contributed by atoms with Crippen LogP contribution in [0.2, 0.25) is 0 Å². The fourth-order valence-electron chi connectivity index (χ4n) is 2.15. The highest BCUT2D eigenvalue weighted by Gasteiger charge is 1.98. The summed E-state index contributed by atoms with van der Waals surface area (Å²) < 4.78 is 0. The Morgan fingerprint density at radius 3 is 2.29 bits per heavy atom. The van der Waals surface area contributed by atoms with Crippen LogP contribution >= 0.6 is 0 Å². The molecule has 0 saturated heterocycles. The van der Waals surface area contributed by atoms with Crippen molar-refractivity contribution in [3.63, 3.8) is 0 Å². The highest BCUT2D eigenvalue weighted by Crippen LogP contribution is 2.09.